The second-order valence-corrected chi connectivity index (χ2v) is 2.61. The lowest BCUT2D eigenvalue weighted by Crippen LogP contribution is -2.01. The molecule has 0 aliphatic rings. The number of rotatable bonds is 0. The van der Waals surface area contributed by atoms with Crippen LogP contribution >= 0.6 is 12.4 Å². The molecule has 1 aromatic carbocycles. The van der Waals surface area contributed by atoms with E-state index >= 15 is 0 Å². The van der Waals surface area contributed by atoms with Crippen molar-refractivity contribution < 1.29 is 0 Å². The molecular formula is C9H9ClN2O. The summed E-state index contributed by atoms with van der Waals surface area (Å²) >= 11 is 0. The van der Waals surface area contributed by atoms with Crippen molar-refractivity contribution in [3.8, 4) is 0 Å². The number of benzene rings is 1. The molecule has 4 heteroatoms. The van der Waals surface area contributed by atoms with Gasteiger partial charge in [-0.25, -0.2) is 0 Å². The molecule has 2 rings (SSSR count). The SMILES string of the molecule is Cl.Nc1cccc2c(=O)cc[nH]c12. The summed E-state index contributed by atoms with van der Waals surface area (Å²) in [5.74, 6) is 0. The van der Waals surface area contributed by atoms with Gasteiger partial charge in [0.15, 0.2) is 5.43 Å². The van der Waals surface area contributed by atoms with Crippen molar-refractivity contribution in [1.82, 2.24) is 4.98 Å². The third-order valence-electron chi connectivity index (χ3n) is 1.82. The van der Waals surface area contributed by atoms with Crippen LogP contribution in [0.5, 0.6) is 0 Å². The number of nitrogens with two attached hydrogens (primary N) is 1. The average Bonchev–Trinajstić information content (AvgIpc) is 2.07. The minimum atomic E-state index is -0.00366. The molecule has 0 atom stereocenters. The minimum absolute atomic E-state index is 0. The van der Waals surface area contributed by atoms with Crippen molar-refractivity contribution in [2.45, 2.75) is 0 Å². The first-order valence-corrected chi connectivity index (χ1v) is 3.65. The fourth-order valence-electron chi connectivity index (χ4n) is 1.23. The Hall–Kier alpha value is -1.48. The lowest BCUT2D eigenvalue weighted by Gasteiger charge is -1.98. The molecule has 1 aromatic heterocycles. The standard InChI is InChI=1S/C9H8N2O.ClH/c10-7-3-1-2-6-8(12)4-5-11-9(6)7;/h1-5H,10H2,(H,11,12);1H. The van der Waals surface area contributed by atoms with E-state index in [0.29, 0.717) is 16.6 Å². The second kappa shape index (κ2) is 3.49. The van der Waals surface area contributed by atoms with E-state index < -0.39 is 0 Å². The van der Waals surface area contributed by atoms with E-state index in [1.807, 2.05) is 0 Å². The van der Waals surface area contributed by atoms with Gasteiger partial charge in [0.2, 0.25) is 0 Å². The van der Waals surface area contributed by atoms with Crippen LogP contribution in [-0.4, -0.2) is 4.98 Å². The molecular weight excluding hydrogens is 188 g/mol. The zero-order valence-electron chi connectivity index (χ0n) is 6.78. The van der Waals surface area contributed by atoms with Crippen molar-refractivity contribution in [2.75, 3.05) is 5.73 Å². The highest BCUT2D eigenvalue weighted by Gasteiger charge is 1.98. The first kappa shape index (κ1) is 9.61. The van der Waals surface area contributed by atoms with Gasteiger partial charge < -0.3 is 10.7 Å². The Morgan fingerprint density at radius 1 is 1.23 bits per heavy atom. The number of H-pyrrole nitrogens is 1. The highest BCUT2D eigenvalue weighted by molar-refractivity contribution is 5.88. The smallest absolute Gasteiger partial charge is 0.189 e. The Morgan fingerprint density at radius 2 is 2.00 bits per heavy atom. The third kappa shape index (κ3) is 1.51. The molecule has 3 N–H and O–H groups in total. The van der Waals surface area contributed by atoms with Crippen LogP contribution in [0.1, 0.15) is 0 Å². The van der Waals surface area contributed by atoms with Gasteiger partial charge in [0, 0.05) is 17.6 Å². The van der Waals surface area contributed by atoms with E-state index in [-0.39, 0.29) is 17.8 Å². The van der Waals surface area contributed by atoms with Crippen molar-refractivity contribution in [3.63, 3.8) is 0 Å². The molecule has 0 spiro atoms. The summed E-state index contributed by atoms with van der Waals surface area (Å²) in [7, 11) is 0. The maximum Gasteiger partial charge on any atom is 0.189 e. The number of pyridine rings is 1. The highest BCUT2D eigenvalue weighted by Crippen LogP contribution is 2.13. The van der Waals surface area contributed by atoms with Crippen LogP contribution in [0.2, 0.25) is 0 Å². The second-order valence-electron chi connectivity index (χ2n) is 2.61. The van der Waals surface area contributed by atoms with Gasteiger partial charge in [-0.1, -0.05) is 6.07 Å². The van der Waals surface area contributed by atoms with Crippen molar-refractivity contribution in [2.24, 2.45) is 0 Å². The van der Waals surface area contributed by atoms with Gasteiger partial charge in [0.25, 0.3) is 0 Å². The highest BCUT2D eigenvalue weighted by atomic mass is 35.5. The van der Waals surface area contributed by atoms with Crippen molar-refractivity contribution >= 4 is 29.0 Å². The molecule has 0 unspecified atom stereocenters. The number of hydrogen-bond donors (Lipinski definition) is 2. The molecule has 2 aromatic rings. The van der Waals surface area contributed by atoms with E-state index in [1.54, 1.807) is 24.4 Å². The molecule has 0 saturated carbocycles. The zero-order chi connectivity index (χ0) is 8.55. The van der Waals surface area contributed by atoms with E-state index in [2.05, 4.69) is 4.98 Å². The van der Waals surface area contributed by atoms with E-state index in [1.165, 1.54) is 6.07 Å². The summed E-state index contributed by atoms with van der Waals surface area (Å²) in [6, 6.07) is 6.78. The molecule has 0 bridgehead atoms. The Morgan fingerprint density at radius 3 is 2.69 bits per heavy atom. The van der Waals surface area contributed by atoms with Gasteiger partial charge in [-0.2, -0.15) is 0 Å². The molecule has 0 radical (unpaired) electrons. The molecule has 0 aliphatic carbocycles. The molecule has 1 heterocycles. The Balaban J connectivity index is 0.000000845. The number of anilines is 1. The number of fused-ring (bicyclic) bond motifs is 1. The summed E-state index contributed by atoms with van der Waals surface area (Å²) < 4.78 is 0. The zero-order valence-corrected chi connectivity index (χ0v) is 7.60. The maximum absolute atomic E-state index is 11.3. The molecule has 0 amide bonds. The van der Waals surface area contributed by atoms with Gasteiger partial charge in [0.05, 0.1) is 11.2 Å². The number of aromatic nitrogens is 1. The van der Waals surface area contributed by atoms with Crippen molar-refractivity contribution in [1.29, 1.82) is 0 Å². The monoisotopic (exact) mass is 196 g/mol. The lowest BCUT2D eigenvalue weighted by atomic mass is 10.2. The number of hydrogen-bond acceptors (Lipinski definition) is 2. The molecule has 13 heavy (non-hydrogen) atoms. The largest absolute Gasteiger partial charge is 0.397 e. The summed E-state index contributed by atoms with van der Waals surface area (Å²) in [5, 5.41) is 0.637. The molecule has 3 nitrogen and oxygen atoms in total. The Bertz CT molecular complexity index is 478. The predicted octanol–water partition coefficient (Wildman–Crippen LogP) is 1.53. The summed E-state index contributed by atoms with van der Waals surface area (Å²) in [6.07, 6.45) is 1.60. The Kier molecular flexibility index (Phi) is 2.58. The van der Waals surface area contributed by atoms with Crippen LogP contribution in [0, 0.1) is 0 Å². The van der Waals surface area contributed by atoms with Crippen LogP contribution in [0.25, 0.3) is 10.9 Å². The number of halogens is 1. The number of aromatic amines is 1. The average molecular weight is 197 g/mol. The minimum Gasteiger partial charge on any atom is -0.397 e. The number of para-hydroxylation sites is 1. The van der Waals surface area contributed by atoms with Gasteiger partial charge in [-0.05, 0) is 12.1 Å². The summed E-state index contributed by atoms with van der Waals surface area (Å²) in [5.41, 5.74) is 6.97. The molecule has 68 valence electrons. The van der Waals surface area contributed by atoms with Crippen LogP contribution < -0.4 is 11.2 Å². The first-order valence-electron chi connectivity index (χ1n) is 3.65. The van der Waals surface area contributed by atoms with Crippen LogP contribution in [0.3, 0.4) is 0 Å². The van der Waals surface area contributed by atoms with Crippen molar-refractivity contribution in [3.05, 3.63) is 40.7 Å². The first-order chi connectivity index (χ1) is 5.79. The molecule has 0 fully saturated rings. The molecule has 0 saturated heterocycles. The van der Waals surface area contributed by atoms with E-state index in [9.17, 15) is 4.79 Å². The predicted molar refractivity (Wildman–Crippen MR) is 56.2 cm³/mol. The lowest BCUT2D eigenvalue weighted by molar-refractivity contribution is 1.39. The quantitative estimate of drug-likeness (QED) is 0.628. The number of nitrogens with one attached hydrogen (secondary N) is 1. The van der Waals surface area contributed by atoms with Crippen LogP contribution in [-0.2, 0) is 0 Å². The van der Waals surface area contributed by atoms with E-state index in [4.69, 9.17) is 5.73 Å². The van der Waals surface area contributed by atoms with Crippen LogP contribution in [0.4, 0.5) is 5.69 Å². The summed E-state index contributed by atoms with van der Waals surface area (Å²) in [6.45, 7) is 0. The van der Waals surface area contributed by atoms with Gasteiger partial charge >= 0.3 is 0 Å². The van der Waals surface area contributed by atoms with Gasteiger partial charge in [-0.15, -0.1) is 12.4 Å². The third-order valence-corrected chi connectivity index (χ3v) is 1.82. The van der Waals surface area contributed by atoms with Gasteiger partial charge in [-0.3, -0.25) is 4.79 Å². The fraction of sp³-hybridized carbons (Fsp3) is 0. The maximum atomic E-state index is 11.3. The van der Waals surface area contributed by atoms with Gasteiger partial charge in [0.1, 0.15) is 0 Å². The topological polar surface area (TPSA) is 58.9 Å². The normalized spacial score (nSPS) is 9.54. The Labute approximate surface area is 81.0 Å². The van der Waals surface area contributed by atoms with E-state index in [0.717, 1.165) is 0 Å². The van der Waals surface area contributed by atoms with Crippen LogP contribution in [0.15, 0.2) is 35.3 Å². The number of nitrogen functional groups attached to an aromatic ring is 1. The molecule has 0 aliphatic heterocycles. The summed E-state index contributed by atoms with van der Waals surface area (Å²) in [4.78, 5) is 14.2. The fourth-order valence-corrected chi connectivity index (χ4v) is 1.23.